The quantitative estimate of drug-likeness (QED) is 0.417. The number of hydrogen-bond donors (Lipinski definition) is 1. The van der Waals surface area contributed by atoms with Gasteiger partial charge in [0.1, 0.15) is 17.8 Å². The lowest BCUT2D eigenvalue weighted by Gasteiger charge is -2.14. The average Bonchev–Trinajstić information content (AvgIpc) is 2.68. The molecule has 0 heterocycles. The van der Waals surface area contributed by atoms with Crippen LogP contribution in [0.25, 0.3) is 11.1 Å². The van der Waals surface area contributed by atoms with E-state index in [4.69, 9.17) is 4.74 Å². The van der Waals surface area contributed by atoms with Crippen molar-refractivity contribution < 1.29 is 19.0 Å². The molecule has 0 fully saturated rings. The van der Waals surface area contributed by atoms with Gasteiger partial charge in [0, 0.05) is 0 Å². The Hall–Kier alpha value is -2.36. The molecule has 0 aliphatic heterocycles. The molecule has 0 saturated heterocycles. The van der Waals surface area contributed by atoms with E-state index < -0.39 is 18.1 Å². The zero-order valence-electron chi connectivity index (χ0n) is 16.9. The number of unbranched alkanes of at least 4 members (excludes halogenated alkanes) is 5. The lowest BCUT2D eigenvalue weighted by Crippen LogP contribution is -2.20. The molecule has 0 spiro atoms. The van der Waals surface area contributed by atoms with E-state index in [-0.39, 0.29) is 0 Å². The Kier molecular flexibility index (Phi) is 8.99. The second kappa shape index (κ2) is 11.5. The first kappa shape index (κ1) is 21.9. The summed E-state index contributed by atoms with van der Waals surface area (Å²) < 4.78 is 19.4. The molecule has 2 aromatic carbocycles. The lowest BCUT2D eigenvalue weighted by atomic mass is 9.93. The molecule has 2 atom stereocenters. The molecule has 28 heavy (non-hydrogen) atoms. The van der Waals surface area contributed by atoms with Crippen LogP contribution in [0.4, 0.5) is 4.39 Å². The van der Waals surface area contributed by atoms with Crippen molar-refractivity contribution in [2.24, 2.45) is 0 Å². The number of alkyl halides is 1. The predicted molar refractivity (Wildman–Crippen MR) is 112 cm³/mol. The zero-order chi connectivity index (χ0) is 20.4. The lowest BCUT2D eigenvalue weighted by molar-refractivity contribution is -0.140. The average molecular weight is 387 g/mol. The van der Waals surface area contributed by atoms with Crippen molar-refractivity contribution in [3.05, 3.63) is 54.1 Å². The number of ether oxygens (including phenoxy) is 1. The summed E-state index contributed by atoms with van der Waals surface area (Å²) in [5, 5.41) is 9.20. The molecule has 2 rings (SSSR count). The third kappa shape index (κ3) is 6.66. The topological polar surface area (TPSA) is 46.5 Å². The van der Waals surface area contributed by atoms with Crippen molar-refractivity contribution in [1.82, 2.24) is 0 Å². The monoisotopic (exact) mass is 386 g/mol. The normalized spacial score (nSPS) is 13.1. The Balaban J connectivity index is 1.88. The number of carboxylic acids is 1. The molecule has 1 N–H and O–H groups in total. The minimum atomic E-state index is -1.44. The van der Waals surface area contributed by atoms with E-state index in [0.717, 1.165) is 29.9 Å². The van der Waals surface area contributed by atoms with Gasteiger partial charge in [-0.25, -0.2) is 4.39 Å². The van der Waals surface area contributed by atoms with Gasteiger partial charge in [0.25, 0.3) is 0 Å². The Bertz CT molecular complexity index is 708. The van der Waals surface area contributed by atoms with Gasteiger partial charge in [-0.15, -0.1) is 0 Å². The SMILES string of the molecule is CCCCCCCCOc1ccc(-c2ccc(C(C(=O)O)C(C)F)cc2)cc1. The second-order valence-electron chi connectivity index (χ2n) is 7.26. The molecule has 152 valence electrons. The minimum Gasteiger partial charge on any atom is -0.494 e. The highest BCUT2D eigenvalue weighted by atomic mass is 19.1. The van der Waals surface area contributed by atoms with E-state index in [1.807, 2.05) is 36.4 Å². The van der Waals surface area contributed by atoms with Crippen LogP contribution in [-0.4, -0.2) is 23.9 Å². The standard InChI is InChI=1S/C24H31FO3/c1-3-4-5-6-7-8-17-28-22-15-13-20(14-16-22)19-9-11-21(12-10-19)23(18(2)25)24(26)27/h9-16,18,23H,3-8,17H2,1-2H3,(H,26,27). The van der Waals surface area contributed by atoms with E-state index in [1.54, 1.807) is 12.1 Å². The summed E-state index contributed by atoms with van der Waals surface area (Å²) in [5.74, 6) is -1.42. The largest absolute Gasteiger partial charge is 0.494 e. The number of carbonyl (C=O) groups is 1. The molecule has 2 aromatic rings. The maximum Gasteiger partial charge on any atom is 0.313 e. The van der Waals surface area contributed by atoms with Crippen LogP contribution in [0.2, 0.25) is 0 Å². The number of aliphatic carboxylic acids is 1. The maximum atomic E-state index is 13.6. The fourth-order valence-corrected chi connectivity index (χ4v) is 3.30. The van der Waals surface area contributed by atoms with Crippen LogP contribution in [0.1, 0.15) is 63.9 Å². The second-order valence-corrected chi connectivity index (χ2v) is 7.26. The van der Waals surface area contributed by atoms with E-state index in [1.165, 1.54) is 39.0 Å². The number of halogens is 1. The van der Waals surface area contributed by atoms with Crippen LogP contribution in [0, 0.1) is 0 Å². The highest BCUT2D eigenvalue weighted by Gasteiger charge is 2.26. The fourth-order valence-electron chi connectivity index (χ4n) is 3.30. The first-order valence-electron chi connectivity index (χ1n) is 10.2. The van der Waals surface area contributed by atoms with Gasteiger partial charge in [-0.1, -0.05) is 75.4 Å². The summed E-state index contributed by atoms with van der Waals surface area (Å²) in [6, 6.07) is 14.9. The molecule has 0 aromatic heterocycles. The highest BCUT2D eigenvalue weighted by molar-refractivity contribution is 5.77. The molecule has 0 radical (unpaired) electrons. The van der Waals surface area contributed by atoms with Gasteiger partial charge in [0.2, 0.25) is 0 Å². The Labute approximate surface area is 167 Å². The van der Waals surface area contributed by atoms with Gasteiger partial charge in [0.05, 0.1) is 6.61 Å². The van der Waals surface area contributed by atoms with Gasteiger partial charge < -0.3 is 9.84 Å². The van der Waals surface area contributed by atoms with E-state index in [0.29, 0.717) is 5.56 Å². The molecular formula is C24H31FO3. The van der Waals surface area contributed by atoms with E-state index >= 15 is 0 Å². The summed E-state index contributed by atoms with van der Waals surface area (Å²) in [5.41, 5.74) is 2.45. The van der Waals surface area contributed by atoms with Gasteiger partial charge in [0.15, 0.2) is 0 Å². The fraction of sp³-hybridized carbons (Fsp3) is 0.458. The predicted octanol–water partition coefficient (Wildman–Crippen LogP) is 6.62. The van der Waals surface area contributed by atoms with Crippen molar-refractivity contribution in [3.63, 3.8) is 0 Å². The molecular weight excluding hydrogens is 355 g/mol. The molecule has 2 unspecified atom stereocenters. The van der Waals surface area contributed by atoms with Crippen LogP contribution in [0.5, 0.6) is 5.75 Å². The van der Waals surface area contributed by atoms with Crippen molar-refractivity contribution in [3.8, 4) is 16.9 Å². The molecule has 3 nitrogen and oxygen atoms in total. The van der Waals surface area contributed by atoms with E-state index in [2.05, 4.69) is 6.92 Å². The third-order valence-electron chi connectivity index (χ3n) is 4.95. The van der Waals surface area contributed by atoms with Crippen LogP contribution in [-0.2, 0) is 4.79 Å². The molecule has 0 amide bonds. The van der Waals surface area contributed by atoms with Gasteiger partial charge in [-0.3, -0.25) is 4.79 Å². The molecule has 4 heteroatoms. The Morgan fingerprint density at radius 1 is 0.929 bits per heavy atom. The van der Waals surface area contributed by atoms with Crippen LogP contribution in [0.3, 0.4) is 0 Å². The van der Waals surface area contributed by atoms with Crippen molar-refractivity contribution >= 4 is 5.97 Å². The zero-order valence-corrected chi connectivity index (χ0v) is 16.9. The van der Waals surface area contributed by atoms with Gasteiger partial charge >= 0.3 is 5.97 Å². The molecule has 0 bridgehead atoms. The summed E-state index contributed by atoms with van der Waals surface area (Å²) >= 11 is 0. The Morgan fingerprint density at radius 3 is 2.00 bits per heavy atom. The summed E-state index contributed by atoms with van der Waals surface area (Å²) in [6.07, 6.45) is 6.00. The molecule has 0 aliphatic rings. The molecule has 0 saturated carbocycles. The minimum absolute atomic E-state index is 0.477. The maximum absolute atomic E-state index is 13.6. The highest BCUT2D eigenvalue weighted by Crippen LogP contribution is 2.27. The van der Waals surface area contributed by atoms with Crippen LogP contribution in [0.15, 0.2) is 48.5 Å². The van der Waals surface area contributed by atoms with Crippen molar-refractivity contribution in [1.29, 1.82) is 0 Å². The van der Waals surface area contributed by atoms with Crippen LogP contribution >= 0.6 is 0 Å². The summed E-state index contributed by atoms with van der Waals surface area (Å²) in [6.45, 7) is 4.23. The van der Waals surface area contributed by atoms with Gasteiger partial charge in [-0.05, 0) is 42.2 Å². The number of benzene rings is 2. The van der Waals surface area contributed by atoms with Crippen LogP contribution < -0.4 is 4.74 Å². The Morgan fingerprint density at radius 2 is 1.46 bits per heavy atom. The van der Waals surface area contributed by atoms with Gasteiger partial charge in [-0.2, -0.15) is 0 Å². The number of carboxylic acid groups (broad SMARTS) is 1. The first-order valence-corrected chi connectivity index (χ1v) is 10.2. The number of rotatable bonds is 12. The summed E-state index contributed by atoms with van der Waals surface area (Å²) in [4.78, 5) is 11.3. The summed E-state index contributed by atoms with van der Waals surface area (Å²) in [7, 11) is 0. The smallest absolute Gasteiger partial charge is 0.313 e. The van der Waals surface area contributed by atoms with E-state index in [9.17, 15) is 14.3 Å². The molecule has 0 aliphatic carbocycles. The first-order chi connectivity index (χ1) is 13.5. The number of hydrogen-bond acceptors (Lipinski definition) is 2. The van der Waals surface area contributed by atoms with Crippen molar-refractivity contribution in [2.45, 2.75) is 64.5 Å². The third-order valence-corrected chi connectivity index (χ3v) is 4.95. The van der Waals surface area contributed by atoms with Crippen molar-refractivity contribution in [2.75, 3.05) is 6.61 Å².